The molecule has 0 aliphatic carbocycles. The standard InChI is InChI=1S/C11H13NO3S/c1-7(13)12-5-3-9-8(4-6-16-9)10(12)11(14)15-2/h4,6,10H,3,5H2,1-2H3/t10-/m1/s1. The van der Waals surface area contributed by atoms with Gasteiger partial charge in [0.1, 0.15) is 0 Å². The lowest BCUT2D eigenvalue weighted by Crippen LogP contribution is -2.42. The molecule has 0 bridgehead atoms. The molecule has 5 heteroatoms. The number of fused-ring (bicyclic) bond motifs is 1. The van der Waals surface area contributed by atoms with Crippen LogP contribution in [0.25, 0.3) is 0 Å². The van der Waals surface area contributed by atoms with Gasteiger partial charge in [0.15, 0.2) is 6.04 Å². The van der Waals surface area contributed by atoms with Gasteiger partial charge >= 0.3 is 5.97 Å². The van der Waals surface area contributed by atoms with Crippen LogP contribution in [0, 0.1) is 0 Å². The summed E-state index contributed by atoms with van der Waals surface area (Å²) in [6, 6.07) is 1.34. The monoisotopic (exact) mass is 239 g/mol. The molecule has 86 valence electrons. The quantitative estimate of drug-likeness (QED) is 0.695. The molecule has 1 aliphatic heterocycles. The highest BCUT2D eigenvalue weighted by molar-refractivity contribution is 7.10. The van der Waals surface area contributed by atoms with Gasteiger partial charge in [-0.05, 0) is 23.4 Å². The largest absolute Gasteiger partial charge is 0.467 e. The number of esters is 1. The second-order valence-corrected chi connectivity index (χ2v) is 4.69. The molecule has 1 aromatic rings. The summed E-state index contributed by atoms with van der Waals surface area (Å²) in [4.78, 5) is 26.0. The molecular weight excluding hydrogens is 226 g/mol. The summed E-state index contributed by atoms with van der Waals surface area (Å²) in [5.41, 5.74) is 0.915. The Kier molecular flexibility index (Phi) is 2.96. The third-order valence-corrected chi connectivity index (χ3v) is 3.79. The highest BCUT2D eigenvalue weighted by Gasteiger charge is 2.35. The molecule has 1 aliphatic rings. The molecule has 1 aromatic heterocycles. The first-order valence-electron chi connectivity index (χ1n) is 5.06. The number of rotatable bonds is 1. The zero-order valence-electron chi connectivity index (χ0n) is 9.23. The van der Waals surface area contributed by atoms with E-state index in [-0.39, 0.29) is 11.9 Å². The molecule has 0 aromatic carbocycles. The van der Waals surface area contributed by atoms with Crippen LogP contribution >= 0.6 is 11.3 Å². The Hall–Kier alpha value is -1.36. The van der Waals surface area contributed by atoms with Crippen LogP contribution in [0.2, 0.25) is 0 Å². The molecule has 1 amide bonds. The van der Waals surface area contributed by atoms with Crippen LogP contribution in [0.3, 0.4) is 0 Å². The number of ether oxygens (including phenoxy) is 1. The van der Waals surface area contributed by atoms with Gasteiger partial charge in [-0.1, -0.05) is 0 Å². The van der Waals surface area contributed by atoms with Crippen LogP contribution in [0.1, 0.15) is 23.4 Å². The van der Waals surface area contributed by atoms with Crippen molar-refractivity contribution in [2.75, 3.05) is 13.7 Å². The van der Waals surface area contributed by atoms with E-state index >= 15 is 0 Å². The summed E-state index contributed by atoms with van der Waals surface area (Å²) in [6.45, 7) is 2.07. The highest BCUT2D eigenvalue weighted by Crippen LogP contribution is 2.33. The predicted molar refractivity (Wildman–Crippen MR) is 60.2 cm³/mol. The summed E-state index contributed by atoms with van der Waals surface area (Å²) in [6.07, 6.45) is 0.820. The van der Waals surface area contributed by atoms with Crippen LogP contribution < -0.4 is 0 Å². The Morgan fingerprint density at radius 2 is 2.31 bits per heavy atom. The molecule has 1 atom stereocenters. The van der Waals surface area contributed by atoms with Crippen molar-refractivity contribution in [1.82, 2.24) is 4.90 Å². The third kappa shape index (κ3) is 1.71. The minimum atomic E-state index is -0.558. The first-order valence-corrected chi connectivity index (χ1v) is 5.94. The van der Waals surface area contributed by atoms with Crippen LogP contribution in [0.15, 0.2) is 11.4 Å². The lowest BCUT2D eigenvalue weighted by atomic mass is 10.00. The first kappa shape index (κ1) is 11.1. The number of hydrogen-bond acceptors (Lipinski definition) is 4. The van der Waals surface area contributed by atoms with E-state index in [1.165, 1.54) is 18.9 Å². The van der Waals surface area contributed by atoms with Crippen molar-refractivity contribution in [2.24, 2.45) is 0 Å². The van der Waals surface area contributed by atoms with Gasteiger partial charge in [-0.25, -0.2) is 4.79 Å². The Morgan fingerprint density at radius 3 is 2.94 bits per heavy atom. The van der Waals surface area contributed by atoms with E-state index < -0.39 is 6.04 Å². The topological polar surface area (TPSA) is 46.6 Å². The Morgan fingerprint density at radius 1 is 1.56 bits per heavy atom. The first-order chi connectivity index (χ1) is 7.65. The van der Waals surface area contributed by atoms with E-state index in [4.69, 9.17) is 4.74 Å². The second kappa shape index (κ2) is 4.25. The molecule has 0 saturated carbocycles. The highest BCUT2D eigenvalue weighted by atomic mass is 32.1. The van der Waals surface area contributed by atoms with Gasteiger partial charge < -0.3 is 9.64 Å². The normalized spacial score (nSPS) is 19.1. The van der Waals surface area contributed by atoms with Crippen molar-refractivity contribution in [2.45, 2.75) is 19.4 Å². The molecule has 0 saturated heterocycles. The van der Waals surface area contributed by atoms with Crippen LogP contribution in [-0.2, 0) is 20.7 Å². The van der Waals surface area contributed by atoms with Gasteiger partial charge in [0, 0.05) is 18.3 Å². The summed E-state index contributed by atoms with van der Waals surface area (Å²) < 4.78 is 4.77. The molecule has 0 unspecified atom stereocenters. The fourth-order valence-corrected chi connectivity index (χ4v) is 2.93. The number of hydrogen-bond donors (Lipinski definition) is 0. The smallest absolute Gasteiger partial charge is 0.333 e. The SMILES string of the molecule is COC(=O)[C@H]1c2ccsc2CCN1C(C)=O. The van der Waals surface area contributed by atoms with Gasteiger partial charge in [0.2, 0.25) is 5.91 Å². The van der Waals surface area contributed by atoms with Crippen molar-refractivity contribution in [1.29, 1.82) is 0 Å². The van der Waals surface area contributed by atoms with E-state index in [9.17, 15) is 9.59 Å². The summed E-state index contributed by atoms with van der Waals surface area (Å²) in [5, 5.41) is 1.95. The fourth-order valence-electron chi connectivity index (χ4n) is 2.02. The molecule has 0 N–H and O–H groups in total. The Labute approximate surface area is 97.8 Å². The molecular formula is C11H13NO3S. The van der Waals surface area contributed by atoms with Crippen molar-refractivity contribution in [3.8, 4) is 0 Å². The Balaban J connectivity index is 2.41. The van der Waals surface area contributed by atoms with E-state index in [0.29, 0.717) is 6.54 Å². The Bertz CT molecular complexity index is 427. The molecule has 0 spiro atoms. The zero-order valence-corrected chi connectivity index (χ0v) is 10.0. The van der Waals surface area contributed by atoms with Crippen LogP contribution in [-0.4, -0.2) is 30.4 Å². The fraction of sp³-hybridized carbons (Fsp3) is 0.455. The number of thiophene rings is 1. The van der Waals surface area contributed by atoms with Crippen molar-refractivity contribution >= 4 is 23.2 Å². The second-order valence-electron chi connectivity index (χ2n) is 3.69. The van der Waals surface area contributed by atoms with Crippen LogP contribution in [0.5, 0.6) is 0 Å². The van der Waals surface area contributed by atoms with Gasteiger partial charge in [0.25, 0.3) is 0 Å². The van der Waals surface area contributed by atoms with Crippen molar-refractivity contribution < 1.29 is 14.3 Å². The number of carbonyl (C=O) groups is 2. The maximum Gasteiger partial charge on any atom is 0.333 e. The average molecular weight is 239 g/mol. The third-order valence-electron chi connectivity index (χ3n) is 2.79. The molecule has 4 nitrogen and oxygen atoms in total. The van der Waals surface area contributed by atoms with E-state index in [1.807, 2.05) is 11.4 Å². The molecule has 0 fully saturated rings. The lowest BCUT2D eigenvalue weighted by molar-refractivity contribution is -0.153. The van der Waals surface area contributed by atoms with Gasteiger partial charge in [-0.3, -0.25) is 4.79 Å². The van der Waals surface area contributed by atoms with Gasteiger partial charge in [-0.15, -0.1) is 11.3 Å². The van der Waals surface area contributed by atoms with Gasteiger partial charge in [0.05, 0.1) is 7.11 Å². The zero-order chi connectivity index (χ0) is 11.7. The van der Waals surface area contributed by atoms with E-state index in [1.54, 1.807) is 16.2 Å². The van der Waals surface area contributed by atoms with Gasteiger partial charge in [-0.2, -0.15) is 0 Å². The minimum absolute atomic E-state index is 0.0905. The summed E-state index contributed by atoms with van der Waals surface area (Å²) in [5.74, 6) is -0.457. The predicted octanol–water partition coefficient (Wildman–Crippen LogP) is 1.37. The maximum absolute atomic E-state index is 11.7. The average Bonchev–Trinajstić information content (AvgIpc) is 2.74. The van der Waals surface area contributed by atoms with E-state index in [0.717, 1.165) is 12.0 Å². The number of nitrogens with zero attached hydrogens (tertiary/aromatic N) is 1. The minimum Gasteiger partial charge on any atom is -0.467 e. The number of amides is 1. The molecule has 16 heavy (non-hydrogen) atoms. The summed E-state index contributed by atoms with van der Waals surface area (Å²) in [7, 11) is 1.35. The van der Waals surface area contributed by atoms with Crippen molar-refractivity contribution in [3.63, 3.8) is 0 Å². The molecule has 2 rings (SSSR count). The maximum atomic E-state index is 11.7. The van der Waals surface area contributed by atoms with Crippen molar-refractivity contribution in [3.05, 3.63) is 21.9 Å². The number of carbonyl (C=O) groups excluding carboxylic acids is 2. The van der Waals surface area contributed by atoms with Crippen LogP contribution in [0.4, 0.5) is 0 Å². The summed E-state index contributed by atoms with van der Waals surface area (Å²) >= 11 is 1.63. The van der Waals surface area contributed by atoms with E-state index in [2.05, 4.69) is 0 Å². The lowest BCUT2D eigenvalue weighted by Gasteiger charge is -2.33. The molecule has 2 heterocycles. The number of methoxy groups -OCH3 is 1. The molecule has 0 radical (unpaired) electrons.